The Bertz CT molecular complexity index is 346. The summed E-state index contributed by atoms with van der Waals surface area (Å²) in [7, 11) is 0. The van der Waals surface area contributed by atoms with Gasteiger partial charge in [-0.05, 0) is 25.0 Å². The predicted molar refractivity (Wildman–Crippen MR) is 54.0 cm³/mol. The van der Waals surface area contributed by atoms with E-state index in [1.54, 1.807) is 24.3 Å². The molecule has 0 aliphatic heterocycles. The molecule has 2 N–H and O–H groups in total. The van der Waals surface area contributed by atoms with E-state index in [0.717, 1.165) is 12.8 Å². The molecule has 15 heavy (non-hydrogen) atoms. The lowest BCUT2D eigenvalue weighted by atomic mass is 10.2. The Morgan fingerprint density at radius 1 is 1.40 bits per heavy atom. The molecule has 0 saturated heterocycles. The van der Waals surface area contributed by atoms with Crippen LogP contribution in [0.25, 0.3) is 0 Å². The number of aliphatic hydroxyl groups is 1. The monoisotopic (exact) mass is 207 g/mol. The maximum atomic E-state index is 11.4. The number of rotatable bonds is 4. The van der Waals surface area contributed by atoms with Crippen LogP contribution in [0.15, 0.2) is 30.3 Å². The molecule has 1 aromatic rings. The molecule has 1 amide bonds. The number of hydrogen-bond donors (Lipinski definition) is 2. The minimum absolute atomic E-state index is 0.158. The Kier molecular flexibility index (Phi) is 2.70. The van der Waals surface area contributed by atoms with Crippen molar-refractivity contribution < 1.29 is 14.7 Å². The van der Waals surface area contributed by atoms with Gasteiger partial charge in [0.2, 0.25) is 0 Å². The Morgan fingerprint density at radius 2 is 2.07 bits per heavy atom. The highest BCUT2D eigenvalue weighted by molar-refractivity contribution is 5.93. The Hall–Kier alpha value is -1.39. The first kappa shape index (κ1) is 10.1. The first-order valence-corrected chi connectivity index (χ1v) is 4.89. The zero-order valence-electron chi connectivity index (χ0n) is 8.27. The van der Waals surface area contributed by atoms with Gasteiger partial charge in [-0.1, -0.05) is 18.2 Å². The predicted octanol–water partition coefficient (Wildman–Crippen LogP) is 0.873. The fourth-order valence-corrected chi connectivity index (χ4v) is 1.17. The van der Waals surface area contributed by atoms with Crippen molar-refractivity contribution in [2.45, 2.75) is 18.4 Å². The Balaban J connectivity index is 1.78. The Labute approximate surface area is 87.8 Å². The number of hydroxylamine groups is 1. The number of carbonyl (C=O) groups is 1. The van der Waals surface area contributed by atoms with E-state index in [1.807, 2.05) is 6.07 Å². The second kappa shape index (κ2) is 4.00. The van der Waals surface area contributed by atoms with Gasteiger partial charge in [0.1, 0.15) is 6.61 Å². The highest BCUT2D eigenvalue weighted by Gasteiger charge is 2.41. The van der Waals surface area contributed by atoms with Gasteiger partial charge in [-0.2, -0.15) is 0 Å². The van der Waals surface area contributed by atoms with Crippen LogP contribution in [0.4, 0.5) is 0 Å². The molecule has 1 fully saturated rings. The van der Waals surface area contributed by atoms with Gasteiger partial charge >= 0.3 is 0 Å². The normalized spacial score (nSPS) is 17.1. The van der Waals surface area contributed by atoms with E-state index >= 15 is 0 Å². The number of carbonyl (C=O) groups excluding carboxylic acids is 1. The third-order valence-corrected chi connectivity index (χ3v) is 2.37. The third kappa shape index (κ3) is 2.78. The quantitative estimate of drug-likeness (QED) is 0.720. The minimum atomic E-state index is -0.704. The topological polar surface area (TPSA) is 58.6 Å². The van der Waals surface area contributed by atoms with Gasteiger partial charge < -0.3 is 5.11 Å². The largest absolute Gasteiger partial charge is 0.387 e. The fraction of sp³-hybridized carbons (Fsp3) is 0.364. The maximum Gasteiger partial charge on any atom is 0.274 e. The van der Waals surface area contributed by atoms with Crippen LogP contribution in [0.1, 0.15) is 23.2 Å². The number of amides is 1. The average Bonchev–Trinajstić information content (AvgIpc) is 2.98. The van der Waals surface area contributed by atoms with Crippen molar-refractivity contribution in [3.63, 3.8) is 0 Å². The Morgan fingerprint density at radius 3 is 2.67 bits per heavy atom. The van der Waals surface area contributed by atoms with E-state index in [0.29, 0.717) is 5.56 Å². The molecule has 0 radical (unpaired) electrons. The van der Waals surface area contributed by atoms with Gasteiger partial charge in [0.05, 0.1) is 5.60 Å². The lowest BCUT2D eigenvalue weighted by Gasteiger charge is -2.08. The molecule has 1 aliphatic rings. The van der Waals surface area contributed by atoms with Gasteiger partial charge in [0.25, 0.3) is 5.91 Å². The van der Waals surface area contributed by atoms with Crippen molar-refractivity contribution in [1.29, 1.82) is 0 Å². The van der Waals surface area contributed by atoms with Crippen LogP contribution in [0.2, 0.25) is 0 Å². The smallest absolute Gasteiger partial charge is 0.274 e. The summed E-state index contributed by atoms with van der Waals surface area (Å²) in [6.07, 6.45) is 1.49. The molecule has 0 aromatic heterocycles. The van der Waals surface area contributed by atoms with Crippen molar-refractivity contribution >= 4 is 5.91 Å². The van der Waals surface area contributed by atoms with Crippen LogP contribution < -0.4 is 5.48 Å². The number of benzene rings is 1. The molecule has 1 saturated carbocycles. The lowest BCUT2D eigenvalue weighted by Crippen LogP contribution is -2.29. The van der Waals surface area contributed by atoms with Gasteiger partial charge in [0, 0.05) is 5.56 Å². The molecular weight excluding hydrogens is 194 g/mol. The number of hydrogen-bond acceptors (Lipinski definition) is 3. The van der Waals surface area contributed by atoms with Crippen LogP contribution in [0.5, 0.6) is 0 Å². The summed E-state index contributed by atoms with van der Waals surface area (Å²) in [5.74, 6) is -0.292. The molecule has 80 valence electrons. The van der Waals surface area contributed by atoms with Crippen LogP contribution in [-0.2, 0) is 4.84 Å². The highest BCUT2D eigenvalue weighted by atomic mass is 16.7. The standard InChI is InChI=1S/C11H13NO3/c13-10(9-4-2-1-3-5-9)12-15-8-11(14)6-7-11/h1-5,14H,6-8H2,(H,12,13). The molecule has 4 heteroatoms. The molecule has 0 unspecified atom stereocenters. The van der Waals surface area contributed by atoms with E-state index in [1.165, 1.54) is 0 Å². The van der Waals surface area contributed by atoms with Crippen LogP contribution >= 0.6 is 0 Å². The lowest BCUT2D eigenvalue weighted by molar-refractivity contribution is -0.0230. The summed E-state index contributed by atoms with van der Waals surface area (Å²) in [6, 6.07) is 8.80. The maximum absolute atomic E-state index is 11.4. The van der Waals surface area contributed by atoms with Crippen LogP contribution in [-0.4, -0.2) is 23.2 Å². The number of nitrogens with one attached hydrogen (secondary N) is 1. The minimum Gasteiger partial charge on any atom is -0.387 e. The summed E-state index contributed by atoms with van der Waals surface area (Å²) in [4.78, 5) is 16.4. The second-order valence-corrected chi connectivity index (χ2v) is 3.81. The first-order valence-electron chi connectivity index (χ1n) is 4.89. The SMILES string of the molecule is O=C(NOCC1(O)CC1)c1ccccc1. The van der Waals surface area contributed by atoms with Crippen molar-refractivity contribution in [3.8, 4) is 0 Å². The van der Waals surface area contributed by atoms with E-state index < -0.39 is 5.60 Å². The van der Waals surface area contributed by atoms with E-state index in [4.69, 9.17) is 4.84 Å². The molecule has 1 aliphatic carbocycles. The molecule has 0 bridgehead atoms. The summed E-state index contributed by atoms with van der Waals surface area (Å²) in [5.41, 5.74) is 2.13. The fourth-order valence-electron chi connectivity index (χ4n) is 1.17. The van der Waals surface area contributed by atoms with Crippen LogP contribution in [0.3, 0.4) is 0 Å². The molecule has 1 aromatic carbocycles. The van der Waals surface area contributed by atoms with Crippen molar-refractivity contribution in [2.75, 3.05) is 6.61 Å². The average molecular weight is 207 g/mol. The van der Waals surface area contributed by atoms with Crippen molar-refractivity contribution in [1.82, 2.24) is 5.48 Å². The molecular formula is C11H13NO3. The van der Waals surface area contributed by atoms with Crippen LogP contribution in [0, 0.1) is 0 Å². The van der Waals surface area contributed by atoms with Crippen molar-refractivity contribution in [2.24, 2.45) is 0 Å². The van der Waals surface area contributed by atoms with Gasteiger partial charge in [-0.25, -0.2) is 5.48 Å². The van der Waals surface area contributed by atoms with Gasteiger partial charge in [-0.3, -0.25) is 9.63 Å². The summed E-state index contributed by atoms with van der Waals surface area (Å²) in [6.45, 7) is 0.158. The molecule has 0 spiro atoms. The zero-order chi connectivity index (χ0) is 10.7. The van der Waals surface area contributed by atoms with Crippen molar-refractivity contribution in [3.05, 3.63) is 35.9 Å². The van der Waals surface area contributed by atoms with Gasteiger partial charge in [-0.15, -0.1) is 0 Å². The summed E-state index contributed by atoms with van der Waals surface area (Å²) in [5, 5.41) is 9.44. The molecule has 4 nitrogen and oxygen atoms in total. The second-order valence-electron chi connectivity index (χ2n) is 3.81. The summed E-state index contributed by atoms with van der Waals surface area (Å²) >= 11 is 0. The third-order valence-electron chi connectivity index (χ3n) is 2.37. The zero-order valence-corrected chi connectivity index (χ0v) is 8.27. The summed E-state index contributed by atoms with van der Waals surface area (Å²) < 4.78 is 0. The van der Waals surface area contributed by atoms with E-state index in [9.17, 15) is 9.90 Å². The molecule has 2 rings (SSSR count). The highest BCUT2D eigenvalue weighted by Crippen LogP contribution is 2.34. The van der Waals surface area contributed by atoms with E-state index in [2.05, 4.69) is 5.48 Å². The molecule has 0 atom stereocenters. The first-order chi connectivity index (χ1) is 7.20. The van der Waals surface area contributed by atoms with E-state index in [-0.39, 0.29) is 12.5 Å². The molecule has 0 heterocycles. The van der Waals surface area contributed by atoms with Gasteiger partial charge in [0.15, 0.2) is 0 Å².